The van der Waals surface area contributed by atoms with Crippen LogP contribution in [0.5, 0.6) is 0 Å². The van der Waals surface area contributed by atoms with E-state index in [0.717, 1.165) is 0 Å². The van der Waals surface area contributed by atoms with E-state index in [1.165, 1.54) is 17.2 Å². The van der Waals surface area contributed by atoms with Gasteiger partial charge in [-0.2, -0.15) is 0 Å². The second kappa shape index (κ2) is 7.51. The molecule has 0 aromatic carbocycles. The van der Waals surface area contributed by atoms with Gasteiger partial charge in [0.2, 0.25) is 5.78 Å². The number of nitrogens with zero attached hydrogens (tertiary/aromatic N) is 4. The summed E-state index contributed by atoms with van der Waals surface area (Å²) in [4.78, 5) is 35.2. The fraction of sp³-hybridized carbons (Fsp3) is 0.200. The third kappa shape index (κ3) is 3.20. The molecular weight excluding hydrogens is 360 g/mol. The molecule has 8 nitrogen and oxygen atoms in total. The van der Waals surface area contributed by atoms with Crippen molar-refractivity contribution in [3.8, 4) is 0 Å². The zero-order valence-electron chi connectivity index (χ0n) is 14.9. The van der Waals surface area contributed by atoms with Crippen molar-refractivity contribution in [3.63, 3.8) is 0 Å². The fourth-order valence-corrected chi connectivity index (χ4v) is 3.39. The number of aryl methyl sites for hydroxylation is 1. The van der Waals surface area contributed by atoms with Crippen molar-refractivity contribution in [2.45, 2.75) is 19.0 Å². The molecule has 1 aliphatic heterocycles. The van der Waals surface area contributed by atoms with Crippen LogP contribution in [-0.4, -0.2) is 42.8 Å². The number of ketones is 1. The van der Waals surface area contributed by atoms with E-state index in [4.69, 9.17) is 4.42 Å². The average Bonchev–Trinajstić information content (AvgIpc) is 3.46. The maximum Gasteiger partial charge on any atom is 0.290 e. The monoisotopic (exact) mass is 378 g/mol. The first-order chi connectivity index (χ1) is 13.7. The van der Waals surface area contributed by atoms with Gasteiger partial charge in [0.05, 0.1) is 24.2 Å². The lowest BCUT2D eigenvalue weighted by Gasteiger charge is -2.26. The van der Waals surface area contributed by atoms with Crippen LogP contribution in [0.1, 0.15) is 28.6 Å². The molecule has 1 amide bonds. The van der Waals surface area contributed by atoms with E-state index >= 15 is 0 Å². The molecule has 142 valence electrons. The predicted molar refractivity (Wildman–Crippen MR) is 98.2 cm³/mol. The summed E-state index contributed by atoms with van der Waals surface area (Å²) >= 11 is 0. The van der Waals surface area contributed by atoms with E-state index in [2.05, 4.69) is 9.97 Å². The van der Waals surface area contributed by atoms with Crippen LogP contribution in [0.15, 0.2) is 77.4 Å². The maximum absolute atomic E-state index is 12.9. The minimum absolute atomic E-state index is 0.0220. The minimum atomic E-state index is -0.698. The second-order valence-electron chi connectivity index (χ2n) is 6.40. The molecule has 1 unspecified atom stereocenters. The molecule has 0 saturated heterocycles. The van der Waals surface area contributed by atoms with Gasteiger partial charge in [-0.25, -0.2) is 4.98 Å². The Kier molecular flexibility index (Phi) is 4.76. The summed E-state index contributed by atoms with van der Waals surface area (Å²) in [5.41, 5.74) is 0.721. The summed E-state index contributed by atoms with van der Waals surface area (Å²) in [7, 11) is 0. The Bertz CT molecular complexity index is 994. The molecule has 0 spiro atoms. The first-order valence-electron chi connectivity index (χ1n) is 8.85. The molecule has 3 aromatic heterocycles. The SMILES string of the molecule is O=C(C1=C(O)C(=O)N(CCCn2ccnc2)C1c1ccncc1)c1ccco1. The Morgan fingerprint density at radius 3 is 2.64 bits per heavy atom. The van der Waals surface area contributed by atoms with E-state index in [1.54, 1.807) is 43.1 Å². The summed E-state index contributed by atoms with van der Waals surface area (Å²) in [6.45, 7) is 1.03. The number of rotatable bonds is 7. The van der Waals surface area contributed by atoms with Gasteiger partial charge in [-0.15, -0.1) is 0 Å². The quantitative estimate of drug-likeness (QED) is 0.634. The maximum atomic E-state index is 12.9. The van der Waals surface area contributed by atoms with Crippen molar-refractivity contribution in [2.24, 2.45) is 0 Å². The van der Waals surface area contributed by atoms with Crippen LogP contribution in [-0.2, 0) is 11.3 Å². The number of imidazole rings is 1. The second-order valence-corrected chi connectivity index (χ2v) is 6.40. The van der Waals surface area contributed by atoms with Crippen molar-refractivity contribution in [1.29, 1.82) is 0 Å². The summed E-state index contributed by atoms with van der Waals surface area (Å²) in [6, 6.07) is 5.87. The summed E-state index contributed by atoms with van der Waals surface area (Å²) < 4.78 is 7.10. The predicted octanol–water partition coefficient (Wildman–Crippen LogP) is 2.54. The van der Waals surface area contributed by atoms with Gasteiger partial charge in [-0.3, -0.25) is 14.6 Å². The van der Waals surface area contributed by atoms with Gasteiger partial charge in [-0.05, 0) is 36.2 Å². The summed E-state index contributed by atoms with van der Waals surface area (Å²) in [5.74, 6) is -1.53. The van der Waals surface area contributed by atoms with Crippen LogP contribution in [0.4, 0.5) is 0 Å². The molecule has 1 N–H and O–H groups in total. The third-order valence-electron chi connectivity index (χ3n) is 4.69. The minimum Gasteiger partial charge on any atom is -0.503 e. The Morgan fingerprint density at radius 2 is 1.96 bits per heavy atom. The Balaban J connectivity index is 1.64. The Morgan fingerprint density at radius 1 is 1.14 bits per heavy atom. The first kappa shape index (κ1) is 17.7. The summed E-state index contributed by atoms with van der Waals surface area (Å²) in [6.07, 6.45) is 10.4. The average molecular weight is 378 g/mol. The van der Waals surface area contributed by atoms with E-state index in [-0.39, 0.29) is 11.3 Å². The number of furan rings is 1. The normalized spacial score (nSPS) is 16.8. The van der Waals surface area contributed by atoms with Crippen LogP contribution in [0.2, 0.25) is 0 Å². The van der Waals surface area contributed by atoms with E-state index in [0.29, 0.717) is 25.1 Å². The number of aliphatic hydroxyl groups excluding tert-OH is 1. The van der Waals surface area contributed by atoms with Gasteiger partial charge in [0.15, 0.2) is 11.5 Å². The number of Topliss-reactive ketones (excluding diaryl/α,β-unsaturated/α-hetero) is 1. The number of hydrogen-bond donors (Lipinski definition) is 1. The van der Waals surface area contributed by atoms with Crippen molar-refractivity contribution >= 4 is 11.7 Å². The highest BCUT2D eigenvalue weighted by molar-refractivity contribution is 6.14. The van der Waals surface area contributed by atoms with Crippen LogP contribution in [0.3, 0.4) is 0 Å². The van der Waals surface area contributed by atoms with Gasteiger partial charge in [-0.1, -0.05) is 0 Å². The number of pyridine rings is 1. The van der Waals surface area contributed by atoms with Gasteiger partial charge in [0.25, 0.3) is 5.91 Å². The lowest BCUT2D eigenvalue weighted by molar-refractivity contribution is -0.129. The Labute approximate surface area is 160 Å². The lowest BCUT2D eigenvalue weighted by Crippen LogP contribution is -2.32. The molecule has 1 atom stereocenters. The molecule has 0 radical (unpaired) electrons. The van der Waals surface area contributed by atoms with E-state index in [1.807, 2.05) is 10.8 Å². The van der Waals surface area contributed by atoms with Gasteiger partial charge < -0.3 is 19.0 Å². The summed E-state index contributed by atoms with van der Waals surface area (Å²) in [5, 5.41) is 10.5. The molecule has 8 heteroatoms. The van der Waals surface area contributed by atoms with Crippen molar-refractivity contribution in [3.05, 3.63) is 84.3 Å². The molecular formula is C20H18N4O4. The van der Waals surface area contributed by atoms with Crippen LogP contribution in [0.25, 0.3) is 0 Å². The van der Waals surface area contributed by atoms with Gasteiger partial charge >= 0.3 is 0 Å². The number of aliphatic hydroxyl groups is 1. The van der Waals surface area contributed by atoms with Gasteiger partial charge in [0, 0.05) is 37.9 Å². The molecule has 1 aliphatic rings. The van der Waals surface area contributed by atoms with Crippen LogP contribution in [0, 0.1) is 0 Å². The smallest absolute Gasteiger partial charge is 0.290 e. The largest absolute Gasteiger partial charge is 0.503 e. The van der Waals surface area contributed by atoms with Crippen molar-refractivity contribution in [2.75, 3.05) is 6.54 Å². The highest BCUT2D eigenvalue weighted by Gasteiger charge is 2.44. The molecule has 0 bridgehead atoms. The Hall–Kier alpha value is -3.68. The standard InChI is InChI=1S/C20H18N4O4/c25-18(15-3-1-12-28-15)16-17(14-4-6-21-7-5-14)24(20(27)19(16)26)10-2-9-23-11-8-22-13-23/h1,3-8,11-13,17,26H,2,9-10H2. The molecule has 4 heterocycles. The number of carbonyl (C=O) groups excluding carboxylic acids is 2. The number of aromatic nitrogens is 3. The third-order valence-corrected chi connectivity index (χ3v) is 4.69. The van der Waals surface area contributed by atoms with E-state index in [9.17, 15) is 14.7 Å². The van der Waals surface area contributed by atoms with Gasteiger partial charge in [0.1, 0.15) is 0 Å². The number of carbonyl (C=O) groups is 2. The molecule has 4 rings (SSSR count). The van der Waals surface area contributed by atoms with Crippen molar-refractivity contribution < 1.29 is 19.1 Å². The first-order valence-corrected chi connectivity index (χ1v) is 8.85. The molecule has 0 aliphatic carbocycles. The number of amides is 1. The molecule has 0 saturated carbocycles. The fourth-order valence-electron chi connectivity index (χ4n) is 3.39. The molecule has 28 heavy (non-hydrogen) atoms. The van der Waals surface area contributed by atoms with Crippen LogP contribution < -0.4 is 0 Å². The zero-order valence-corrected chi connectivity index (χ0v) is 14.9. The lowest BCUT2D eigenvalue weighted by atomic mass is 9.96. The highest BCUT2D eigenvalue weighted by atomic mass is 16.3. The number of hydrogen-bond acceptors (Lipinski definition) is 6. The molecule has 3 aromatic rings. The molecule has 0 fully saturated rings. The zero-order chi connectivity index (χ0) is 19.5. The van der Waals surface area contributed by atoms with Crippen molar-refractivity contribution in [1.82, 2.24) is 19.4 Å². The highest BCUT2D eigenvalue weighted by Crippen LogP contribution is 2.38. The van der Waals surface area contributed by atoms with E-state index < -0.39 is 23.5 Å². The van der Waals surface area contributed by atoms with Crippen LogP contribution >= 0.6 is 0 Å². The topological polar surface area (TPSA) is 101 Å².